The van der Waals surface area contributed by atoms with Gasteiger partial charge in [-0.2, -0.15) is 0 Å². The summed E-state index contributed by atoms with van der Waals surface area (Å²) in [6.45, 7) is 6.43. The lowest BCUT2D eigenvalue weighted by Crippen LogP contribution is -2.51. The third kappa shape index (κ3) is 4.85. The van der Waals surface area contributed by atoms with Gasteiger partial charge in [-0.05, 0) is 38.0 Å². The summed E-state index contributed by atoms with van der Waals surface area (Å²) in [6.07, 6.45) is 9.52. The lowest BCUT2D eigenvalue weighted by molar-refractivity contribution is -0.00463. The number of likely N-dealkylation sites (tertiary alicyclic amines) is 1. The minimum Gasteiger partial charge on any atom is -0.381 e. The predicted molar refractivity (Wildman–Crippen MR) is 94.0 cm³/mol. The van der Waals surface area contributed by atoms with Gasteiger partial charge in [0.2, 0.25) is 0 Å². The molecule has 24 heavy (non-hydrogen) atoms. The van der Waals surface area contributed by atoms with E-state index in [1.165, 1.54) is 25.7 Å². The van der Waals surface area contributed by atoms with Crippen LogP contribution >= 0.6 is 0 Å². The normalized spacial score (nSPS) is 32.0. The van der Waals surface area contributed by atoms with Gasteiger partial charge in [-0.3, -0.25) is 0 Å². The molecule has 2 amide bonds. The highest BCUT2D eigenvalue weighted by molar-refractivity contribution is 5.74. The van der Waals surface area contributed by atoms with Crippen LogP contribution in [0, 0.1) is 11.8 Å². The Labute approximate surface area is 146 Å². The van der Waals surface area contributed by atoms with Gasteiger partial charge in [0.05, 0.1) is 19.3 Å². The number of nitrogens with one attached hydrogen (secondary N) is 1. The average Bonchev–Trinajstić information content (AvgIpc) is 3.14. The van der Waals surface area contributed by atoms with Gasteiger partial charge in [-0.25, -0.2) is 4.79 Å². The number of carbonyl (C=O) groups excluding carboxylic acids is 1. The minimum atomic E-state index is 0.142. The molecule has 1 aliphatic carbocycles. The summed E-state index contributed by atoms with van der Waals surface area (Å²) in [7, 11) is 0. The maximum Gasteiger partial charge on any atom is 0.317 e. The zero-order valence-electron chi connectivity index (χ0n) is 15.2. The first-order valence-electron chi connectivity index (χ1n) is 10.0. The van der Waals surface area contributed by atoms with Gasteiger partial charge in [-0.1, -0.05) is 26.2 Å². The molecule has 1 N–H and O–H groups in total. The van der Waals surface area contributed by atoms with Crippen molar-refractivity contribution in [2.45, 2.75) is 70.4 Å². The van der Waals surface area contributed by atoms with Crippen LogP contribution in [0.25, 0.3) is 0 Å². The Balaban J connectivity index is 1.36. The Bertz CT molecular complexity index is 390. The molecule has 2 saturated heterocycles. The van der Waals surface area contributed by atoms with Gasteiger partial charge in [0, 0.05) is 31.7 Å². The van der Waals surface area contributed by atoms with Gasteiger partial charge in [0.25, 0.3) is 0 Å². The zero-order valence-corrected chi connectivity index (χ0v) is 15.2. The number of hydrogen-bond donors (Lipinski definition) is 1. The van der Waals surface area contributed by atoms with E-state index in [0.29, 0.717) is 24.0 Å². The largest absolute Gasteiger partial charge is 0.381 e. The van der Waals surface area contributed by atoms with Crippen molar-refractivity contribution in [3.8, 4) is 0 Å². The summed E-state index contributed by atoms with van der Waals surface area (Å²) >= 11 is 0. The molecule has 3 fully saturated rings. The third-order valence-corrected chi connectivity index (χ3v) is 6.06. The van der Waals surface area contributed by atoms with Gasteiger partial charge in [0.15, 0.2) is 0 Å². The van der Waals surface area contributed by atoms with Crippen molar-refractivity contribution in [2.75, 3.05) is 32.9 Å². The van der Waals surface area contributed by atoms with Crippen LogP contribution in [-0.4, -0.2) is 56.0 Å². The zero-order chi connectivity index (χ0) is 16.8. The van der Waals surface area contributed by atoms with Crippen molar-refractivity contribution in [2.24, 2.45) is 11.8 Å². The molecule has 2 heterocycles. The average molecular weight is 338 g/mol. The number of rotatable bonds is 5. The molecule has 3 atom stereocenters. The summed E-state index contributed by atoms with van der Waals surface area (Å²) in [5.41, 5.74) is 0. The van der Waals surface area contributed by atoms with E-state index < -0.39 is 0 Å². The van der Waals surface area contributed by atoms with Crippen LogP contribution in [0.5, 0.6) is 0 Å². The van der Waals surface area contributed by atoms with E-state index in [4.69, 9.17) is 9.47 Å². The van der Waals surface area contributed by atoms with E-state index in [0.717, 1.165) is 58.6 Å². The van der Waals surface area contributed by atoms with Gasteiger partial charge in [-0.15, -0.1) is 0 Å². The van der Waals surface area contributed by atoms with E-state index in [1.54, 1.807) is 0 Å². The second-order valence-corrected chi connectivity index (χ2v) is 7.76. The first kappa shape index (κ1) is 18.0. The Morgan fingerprint density at radius 1 is 1.17 bits per heavy atom. The second kappa shape index (κ2) is 9.04. The fourth-order valence-electron chi connectivity index (χ4n) is 4.35. The monoisotopic (exact) mass is 338 g/mol. The molecule has 0 aromatic rings. The van der Waals surface area contributed by atoms with Gasteiger partial charge >= 0.3 is 6.03 Å². The van der Waals surface area contributed by atoms with Crippen molar-refractivity contribution >= 4 is 6.03 Å². The lowest BCUT2D eigenvalue weighted by atomic mass is 9.83. The standard InChI is InChI=1S/C19H34N2O3/c1-2-16-5-3-4-6-18(16)20-19(22)21-10-7-17(8-11-21)24-14-15-9-12-23-13-15/h15-18H,2-14H2,1H3,(H,20,22)/t15-,16+,18+/m0/s1. The number of piperidine rings is 1. The smallest absolute Gasteiger partial charge is 0.317 e. The van der Waals surface area contributed by atoms with Crippen LogP contribution < -0.4 is 5.32 Å². The molecule has 3 rings (SSSR count). The number of ether oxygens (including phenoxy) is 2. The van der Waals surface area contributed by atoms with E-state index >= 15 is 0 Å². The molecular formula is C19H34N2O3. The van der Waals surface area contributed by atoms with E-state index in [2.05, 4.69) is 12.2 Å². The highest BCUT2D eigenvalue weighted by atomic mass is 16.5. The van der Waals surface area contributed by atoms with Crippen molar-refractivity contribution in [1.82, 2.24) is 10.2 Å². The number of amides is 2. The second-order valence-electron chi connectivity index (χ2n) is 7.76. The lowest BCUT2D eigenvalue weighted by Gasteiger charge is -2.36. The molecular weight excluding hydrogens is 304 g/mol. The molecule has 3 aliphatic rings. The van der Waals surface area contributed by atoms with Crippen molar-refractivity contribution in [3.05, 3.63) is 0 Å². The Morgan fingerprint density at radius 3 is 2.67 bits per heavy atom. The van der Waals surface area contributed by atoms with Crippen molar-refractivity contribution in [1.29, 1.82) is 0 Å². The van der Waals surface area contributed by atoms with E-state index in [1.807, 2.05) is 4.90 Å². The van der Waals surface area contributed by atoms with Crippen LogP contribution in [0.4, 0.5) is 4.79 Å². The molecule has 2 aliphatic heterocycles. The molecule has 1 saturated carbocycles. The minimum absolute atomic E-state index is 0.142. The number of hydrogen-bond acceptors (Lipinski definition) is 3. The quantitative estimate of drug-likeness (QED) is 0.837. The van der Waals surface area contributed by atoms with Crippen LogP contribution in [-0.2, 0) is 9.47 Å². The molecule has 5 nitrogen and oxygen atoms in total. The Morgan fingerprint density at radius 2 is 1.96 bits per heavy atom. The highest BCUT2D eigenvalue weighted by Crippen LogP contribution is 2.27. The summed E-state index contributed by atoms with van der Waals surface area (Å²) in [5.74, 6) is 1.24. The summed E-state index contributed by atoms with van der Waals surface area (Å²) in [4.78, 5) is 14.5. The molecule has 0 radical (unpaired) electrons. The topological polar surface area (TPSA) is 50.8 Å². The molecule has 5 heteroatoms. The maximum absolute atomic E-state index is 12.6. The Hall–Kier alpha value is -0.810. The van der Waals surface area contributed by atoms with Crippen molar-refractivity contribution in [3.63, 3.8) is 0 Å². The van der Waals surface area contributed by atoms with Crippen LogP contribution in [0.1, 0.15) is 58.3 Å². The highest BCUT2D eigenvalue weighted by Gasteiger charge is 2.29. The van der Waals surface area contributed by atoms with Crippen LogP contribution in [0.2, 0.25) is 0 Å². The molecule has 0 aromatic heterocycles. The first-order valence-corrected chi connectivity index (χ1v) is 10.0. The maximum atomic E-state index is 12.6. The van der Waals surface area contributed by atoms with Gasteiger partial charge < -0.3 is 19.7 Å². The number of nitrogens with zero attached hydrogens (tertiary/aromatic N) is 1. The van der Waals surface area contributed by atoms with Crippen LogP contribution in [0.15, 0.2) is 0 Å². The summed E-state index contributed by atoms with van der Waals surface area (Å²) < 4.78 is 11.4. The van der Waals surface area contributed by atoms with E-state index in [9.17, 15) is 4.79 Å². The predicted octanol–water partition coefficient (Wildman–Crippen LogP) is 3.18. The summed E-state index contributed by atoms with van der Waals surface area (Å²) in [6, 6.07) is 0.524. The number of urea groups is 1. The van der Waals surface area contributed by atoms with Gasteiger partial charge in [0.1, 0.15) is 0 Å². The third-order valence-electron chi connectivity index (χ3n) is 6.06. The fourth-order valence-corrected chi connectivity index (χ4v) is 4.35. The fraction of sp³-hybridized carbons (Fsp3) is 0.947. The van der Waals surface area contributed by atoms with E-state index in [-0.39, 0.29) is 6.03 Å². The molecule has 0 bridgehead atoms. The molecule has 0 unspecified atom stereocenters. The molecule has 138 valence electrons. The Kier molecular flexibility index (Phi) is 6.78. The number of carbonyl (C=O) groups is 1. The summed E-state index contributed by atoms with van der Waals surface area (Å²) in [5, 5.41) is 3.31. The molecule has 0 aromatic carbocycles. The SMILES string of the molecule is CC[C@@H]1CCCC[C@H]1NC(=O)N1CCC(OC[C@H]2CCOC2)CC1. The first-order chi connectivity index (χ1) is 11.8. The molecule has 0 spiro atoms. The van der Waals surface area contributed by atoms with Crippen LogP contribution in [0.3, 0.4) is 0 Å². The van der Waals surface area contributed by atoms with Crippen molar-refractivity contribution < 1.29 is 14.3 Å².